The highest BCUT2D eigenvalue weighted by Crippen LogP contribution is 2.31. The quantitative estimate of drug-likeness (QED) is 0.303. The third kappa shape index (κ3) is 6.39. The van der Waals surface area contributed by atoms with E-state index in [9.17, 15) is 4.79 Å². The molecule has 0 bridgehead atoms. The Morgan fingerprint density at radius 1 is 1.22 bits per heavy atom. The number of carbonyl (C=O) groups is 1. The summed E-state index contributed by atoms with van der Waals surface area (Å²) in [7, 11) is 0. The first kappa shape index (κ1) is 21.5. The molecule has 0 saturated carbocycles. The number of hydrogen-bond donors (Lipinski definition) is 3. The molecule has 0 radical (unpaired) electrons. The molecule has 0 aromatic heterocycles. The van der Waals surface area contributed by atoms with E-state index >= 15 is 0 Å². The zero-order chi connectivity index (χ0) is 18.4. The van der Waals surface area contributed by atoms with Crippen molar-refractivity contribution >= 4 is 57.5 Å². The summed E-state index contributed by atoms with van der Waals surface area (Å²) in [6, 6.07) is 15.4. The van der Waals surface area contributed by atoms with E-state index in [1.54, 1.807) is 0 Å². The van der Waals surface area contributed by atoms with Crippen molar-refractivity contribution in [3.8, 4) is 5.75 Å². The molecule has 3 rings (SSSR count). The van der Waals surface area contributed by atoms with Gasteiger partial charge in [-0.25, -0.2) is 0 Å². The van der Waals surface area contributed by atoms with E-state index in [0.717, 1.165) is 27.9 Å². The molecule has 1 atom stereocenters. The van der Waals surface area contributed by atoms with Gasteiger partial charge in [0.05, 0.1) is 19.2 Å². The number of aliphatic imine (C=N–C) groups is 1. The maximum absolute atomic E-state index is 12.0. The lowest BCUT2D eigenvalue weighted by Gasteiger charge is -2.26. The average molecular weight is 545 g/mol. The van der Waals surface area contributed by atoms with Crippen LogP contribution in [0.3, 0.4) is 0 Å². The van der Waals surface area contributed by atoms with Gasteiger partial charge in [-0.05, 0) is 30.3 Å². The van der Waals surface area contributed by atoms with Crippen LogP contribution in [0.4, 0.5) is 5.69 Å². The Labute approximate surface area is 184 Å². The molecule has 0 fully saturated rings. The van der Waals surface area contributed by atoms with Crippen LogP contribution in [0.1, 0.15) is 24.4 Å². The van der Waals surface area contributed by atoms with Crippen molar-refractivity contribution in [2.45, 2.75) is 18.9 Å². The van der Waals surface area contributed by atoms with Crippen LogP contribution in [0.5, 0.6) is 5.75 Å². The number of guanidine groups is 1. The van der Waals surface area contributed by atoms with Gasteiger partial charge in [0, 0.05) is 28.6 Å². The third-order valence-corrected chi connectivity index (χ3v) is 4.56. The summed E-state index contributed by atoms with van der Waals surface area (Å²) in [5, 5.41) is 6.05. The number of rotatable bonds is 5. The van der Waals surface area contributed by atoms with Crippen molar-refractivity contribution in [2.24, 2.45) is 10.7 Å². The number of benzene rings is 2. The van der Waals surface area contributed by atoms with Crippen LogP contribution in [0, 0.1) is 0 Å². The molecule has 1 aliphatic rings. The topological polar surface area (TPSA) is 88.7 Å². The molecule has 4 N–H and O–H groups in total. The van der Waals surface area contributed by atoms with Gasteiger partial charge in [-0.1, -0.05) is 34.1 Å². The molecular formula is C19H22BrIN4O2. The van der Waals surface area contributed by atoms with E-state index < -0.39 is 0 Å². The minimum Gasteiger partial charge on any atom is -0.493 e. The number of nitrogens with one attached hydrogen (secondary N) is 2. The van der Waals surface area contributed by atoms with E-state index in [2.05, 4.69) is 31.6 Å². The number of nitrogens with zero attached hydrogens (tertiary/aromatic N) is 1. The highest BCUT2D eigenvalue weighted by atomic mass is 127. The van der Waals surface area contributed by atoms with Crippen LogP contribution in [-0.2, 0) is 4.79 Å². The second kappa shape index (κ2) is 10.5. The fraction of sp³-hybridized carbons (Fsp3) is 0.263. The first-order valence-corrected chi connectivity index (χ1v) is 9.25. The largest absolute Gasteiger partial charge is 0.493 e. The SMILES string of the molecule is I.NC(=NCCC(=O)Nc1ccc(Br)cc1)NC1CCOc2ccccc21. The molecule has 8 heteroatoms. The van der Waals surface area contributed by atoms with E-state index in [-0.39, 0.29) is 42.3 Å². The smallest absolute Gasteiger partial charge is 0.226 e. The number of carbonyl (C=O) groups excluding carboxylic acids is 1. The average Bonchev–Trinajstić information content (AvgIpc) is 2.64. The molecule has 0 spiro atoms. The molecule has 1 unspecified atom stereocenters. The van der Waals surface area contributed by atoms with Crippen LogP contribution >= 0.6 is 39.9 Å². The van der Waals surface area contributed by atoms with Crippen molar-refractivity contribution in [3.63, 3.8) is 0 Å². The second-order valence-electron chi connectivity index (χ2n) is 5.94. The van der Waals surface area contributed by atoms with Crippen molar-refractivity contribution in [1.82, 2.24) is 5.32 Å². The minimum atomic E-state index is -0.0970. The van der Waals surface area contributed by atoms with E-state index in [1.807, 2.05) is 48.5 Å². The molecular weight excluding hydrogens is 523 g/mol. The van der Waals surface area contributed by atoms with Crippen molar-refractivity contribution < 1.29 is 9.53 Å². The monoisotopic (exact) mass is 544 g/mol. The van der Waals surface area contributed by atoms with Gasteiger partial charge >= 0.3 is 0 Å². The molecule has 1 aliphatic heterocycles. The number of hydrogen-bond acceptors (Lipinski definition) is 3. The molecule has 0 aliphatic carbocycles. The maximum atomic E-state index is 12.0. The standard InChI is InChI=1S/C19H21BrN4O2.HI/c20-13-5-7-14(8-6-13)23-18(25)9-11-22-19(21)24-16-10-12-26-17-4-2-1-3-15(16)17;/h1-8,16H,9-12H2,(H,23,25)(H3,21,22,24);1H. The first-order chi connectivity index (χ1) is 12.6. The molecule has 1 heterocycles. The molecule has 2 aromatic carbocycles. The summed E-state index contributed by atoms with van der Waals surface area (Å²) in [6.07, 6.45) is 1.08. The van der Waals surface area contributed by atoms with Gasteiger partial charge in [-0.3, -0.25) is 9.79 Å². The highest BCUT2D eigenvalue weighted by molar-refractivity contribution is 14.0. The van der Waals surface area contributed by atoms with Gasteiger partial charge in [0.15, 0.2) is 5.96 Å². The lowest BCUT2D eigenvalue weighted by atomic mass is 10.0. The van der Waals surface area contributed by atoms with Crippen LogP contribution in [0.15, 0.2) is 58.0 Å². The van der Waals surface area contributed by atoms with E-state index in [0.29, 0.717) is 19.1 Å². The Morgan fingerprint density at radius 3 is 2.74 bits per heavy atom. The number of fused-ring (bicyclic) bond motifs is 1. The Morgan fingerprint density at radius 2 is 1.96 bits per heavy atom. The third-order valence-electron chi connectivity index (χ3n) is 4.03. The lowest BCUT2D eigenvalue weighted by molar-refractivity contribution is -0.116. The molecule has 6 nitrogen and oxygen atoms in total. The van der Waals surface area contributed by atoms with E-state index in [4.69, 9.17) is 10.5 Å². The van der Waals surface area contributed by atoms with Crippen LogP contribution in [0.2, 0.25) is 0 Å². The van der Waals surface area contributed by atoms with Crippen LogP contribution < -0.4 is 21.1 Å². The maximum Gasteiger partial charge on any atom is 0.226 e. The predicted molar refractivity (Wildman–Crippen MR) is 122 cm³/mol. The van der Waals surface area contributed by atoms with Crippen molar-refractivity contribution in [1.29, 1.82) is 0 Å². The fourth-order valence-electron chi connectivity index (χ4n) is 2.75. The van der Waals surface area contributed by atoms with Gasteiger partial charge in [-0.15, -0.1) is 24.0 Å². The summed E-state index contributed by atoms with van der Waals surface area (Å²) in [5.41, 5.74) is 7.81. The zero-order valence-electron chi connectivity index (χ0n) is 14.7. The normalized spacial score (nSPS) is 15.7. The zero-order valence-corrected chi connectivity index (χ0v) is 18.6. The predicted octanol–water partition coefficient (Wildman–Crippen LogP) is 3.82. The van der Waals surface area contributed by atoms with E-state index in [1.165, 1.54) is 0 Å². The van der Waals surface area contributed by atoms with Gasteiger partial charge in [0.25, 0.3) is 0 Å². The Hall–Kier alpha value is -1.81. The number of nitrogens with two attached hydrogens (primary N) is 1. The second-order valence-corrected chi connectivity index (χ2v) is 6.86. The molecule has 2 aromatic rings. The summed E-state index contributed by atoms with van der Waals surface area (Å²) < 4.78 is 6.60. The molecule has 0 saturated heterocycles. The lowest BCUT2D eigenvalue weighted by Crippen LogP contribution is -2.37. The Kier molecular flexibility index (Phi) is 8.36. The van der Waals surface area contributed by atoms with Crippen LogP contribution in [-0.4, -0.2) is 25.0 Å². The van der Waals surface area contributed by atoms with Gasteiger partial charge in [0.2, 0.25) is 5.91 Å². The van der Waals surface area contributed by atoms with Gasteiger partial charge in [0.1, 0.15) is 5.75 Å². The summed E-state index contributed by atoms with van der Waals surface area (Å²) in [5.74, 6) is 1.11. The number of anilines is 1. The molecule has 144 valence electrons. The van der Waals surface area contributed by atoms with Crippen molar-refractivity contribution in [3.05, 3.63) is 58.6 Å². The number of ether oxygens (including phenoxy) is 1. The number of para-hydroxylation sites is 1. The molecule has 1 amide bonds. The first-order valence-electron chi connectivity index (χ1n) is 8.45. The van der Waals surface area contributed by atoms with Gasteiger partial charge < -0.3 is 21.1 Å². The van der Waals surface area contributed by atoms with Crippen molar-refractivity contribution in [2.75, 3.05) is 18.5 Å². The molecule has 27 heavy (non-hydrogen) atoms. The Balaban J connectivity index is 0.00000261. The van der Waals surface area contributed by atoms with Gasteiger partial charge in [-0.2, -0.15) is 0 Å². The number of halogens is 2. The minimum absolute atomic E-state index is 0. The summed E-state index contributed by atoms with van der Waals surface area (Å²) in [6.45, 7) is 0.962. The Bertz CT molecular complexity index is 799. The highest BCUT2D eigenvalue weighted by Gasteiger charge is 2.21. The van der Waals surface area contributed by atoms with Crippen LogP contribution in [0.25, 0.3) is 0 Å². The summed E-state index contributed by atoms with van der Waals surface area (Å²) >= 11 is 3.36. The number of amides is 1. The fourth-order valence-corrected chi connectivity index (χ4v) is 3.02. The summed E-state index contributed by atoms with van der Waals surface area (Å²) in [4.78, 5) is 16.2.